The molecule has 0 amide bonds. The van der Waals surface area contributed by atoms with Crippen LogP contribution >= 0.6 is 7.67 Å². The van der Waals surface area contributed by atoms with Crippen molar-refractivity contribution in [2.75, 3.05) is 19.7 Å². The molecule has 0 spiro atoms. The summed E-state index contributed by atoms with van der Waals surface area (Å²) in [7, 11) is -2.61. The van der Waals surface area contributed by atoms with E-state index in [-0.39, 0.29) is 0 Å². The van der Waals surface area contributed by atoms with Crippen LogP contribution in [0.1, 0.15) is 13.3 Å². The number of nitrogens with one attached hydrogen (secondary N) is 2. The Kier molecular flexibility index (Phi) is 2.86. The van der Waals surface area contributed by atoms with Gasteiger partial charge in [-0.1, -0.05) is 6.92 Å². The fourth-order valence-electron chi connectivity index (χ4n) is 0.847. The Morgan fingerprint density at radius 2 is 2.60 bits per heavy atom. The lowest BCUT2D eigenvalue weighted by Crippen LogP contribution is -2.29. The highest BCUT2D eigenvalue weighted by Crippen LogP contribution is 2.38. The highest BCUT2D eigenvalue weighted by atomic mass is 31.2. The van der Waals surface area contributed by atoms with E-state index in [1.165, 1.54) is 0 Å². The van der Waals surface area contributed by atoms with Crippen molar-refractivity contribution in [3.8, 4) is 0 Å². The van der Waals surface area contributed by atoms with Gasteiger partial charge in [0.1, 0.15) is 0 Å². The van der Waals surface area contributed by atoms with E-state index in [1.807, 2.05) is 6.92 Å². The van der Waals surface area contributed by atoms with Gasteiger partial charge in [0.05, 0.1) is 6.61 Å². The van der Waals surface area contributed by atoms with E-state index in [0.29, 0.717) is 13.2 Å². The Hall–Kier alpha value is 0.110. The average Bonchev–Trinajstić information content (AvgIpc) is 1.89. The number of rotatable bonds is 2. The summed E-state index contributed by atoms with van der Waals surface area (Å²) < 4.78 is 16.4. The van der Waals surface area contributed by atoms with Gasteiger partial charge in [-0.2, -0.15) is 0 Å². The molecule has 60 valence electrons. The van der Waals surface area contributed by atoms with Gasteiger partial charge in [0.15, 0.2) is 0 Å². The van der Waals surface area contributed by atoms with Gasteiger partial charge >= 0.3 is 7.67 Å². The fourth-order valence-corrected chi connectivity index (χ4v) is 2.40. The van der Waals surface area contributed by atoms with Crippen LogP contribution in [0.2, 0.25) is 0 Å². The van der Waals surface area contributed by atoms with E-state index < -0.39 is 7.67 Å². The minimum atomic E-state index is -2.61. The number of hydrogen-bond donors (Lipinski definition) is 2. The van der Waals surface area contributed by atoms with Crippen LogP contribution in [-0.2, 0) is 9.09 Å². The third-order valence-electron chi connectivity index (χ3n) is 1.28. The van der Waals surface area contributed by atoms with Crippen LogP contribution in [0, 0.1) is 0 Å². The summed E-state index contributed by atoms with van der Waals surface area (Å²) in [4.78, 5) is 0. The Balaban J connectivity index is 2.41. The Morgan fingerprint density at radius 1 is 1.80 bits per heavy atom. The summed E-state index contributed by atoms with van der Waals surface area (Å²) in [5.74, 6) is 0. The van der Waals surface area contributed by atoms with Gasteiger partial charge in [-0.15, -0.1) is 0 Å². The van der Waals surface area contributed by atoms with Crippen LogP contribution in [0.5, 0.6) is 0 Å². The van der Waals surface area contributed by atoms with Crippen molar-refractivity contribution in [1.82, 2.24) is 10.2 Å². The lowest BCUT2D eigenvalue weighted by atomic mass is 10.5. The van der Waals surface area contributed by atoms with E-state index in [2.05, 4.69) is 10.2 Å². The molecule has 4 nitrogen and oxygen atoms in total. The predicted molar refractivity (Wildman–Crippen MR) is 39.9 cm³/mol. The first kappa shape index (κ1) is 8.21. The second-order valence-corrected chi connectivity index (χ2v) is 4.15. The third-order valence-corrected chi connectivity index (χ3v) is 3.20. The van der Waals surface area contributed by atoms with Gasteiger partial charge < -0.3 is 4.52 Å². The van der Waals surface area contributed by atoms with E-state index in [4.69, 9.17) is 4.52 Å². The third kappa shape index (κ3) is 2.06. The van der Waals surface area contributed by atoms with Crippen molar-refractivity contribution in [2.24, 2.45) is 0 Å². The molecule has 10 heavy (non-hydrogen) atoms. The molecule has 0 aromatic rings. The van der Waals surface area contributed by atoms with Gasteiger partial charge in [-0.3, -0.25) is 4.57 Å². The van der Waals surface area contributed by atoms with Crippen molar-refractivity contribution < 1.29 is 9.09 Å². The topological polar surface area (TPSA) is 50.4 Å². The first-order chi connectivity index (χ1) is 4.77. The predicted octanol–water partition coefficient (Wildman–Crippen LogP) is 0.714. The van der Waals surface area contributed by atoms with Crippen LogP contribution in [0.4, 0.5) is 0 Å². The summed E-state index contributed by atoms with van der Waals surface area (Å²) >= 11 is 0. The summed E-state index contributed by atoms with van der Waals surface area (Å²) in [5.41, 5.74) is 0. The standard InChI is InChI=1S/C5H13N2O2P/c1-2-6-10(8)7-4-3-5-9-10/h2-5H2,1H3,(H2,6,7,8). The van der Waals surface area contributed by atoms with E-state index in [1.54, 1.807) is 0 Å². The zero-order chi connectivity index (χ0) is 7.45. The van der Waals surface area contributed by atoms with Gasteiger partial charge in [0, 0.05) is 13.1 Å². The van der Waals surface area contributed by atoms with Crippen molar-refractivity contribution in [2.45, 2.75) is 13.3 Å². The lowest BCUT2D eigenvalue weighted by molar-refractivity contribution is 0.270. The first-order valence-corrected chi connectivity index (χ1v) is 5.14. The zero-order valence-corrected chi connectivity index (χ0v) is 6.99. The molecule has 0 aromatic heterocycles. The van der Waals surface area contributed by atoms with Crippen LogP contribution < -0.4 is 10.2 Å². The monoisotopic (exact) mass is 164 g/mol. The highest BCUT2D eigenvalue weighted by molar-refractivity contribution is 7.54. The summed E-state index contributed by atoms with van der Waals surface area (Å²) in [6, 6.07) is 0. The number of hydrogen-bond acceptors (Lipinski definition) is 2. The summed E-state index contributed by atoms with van der Waals surface area (Å²) in [6.07, 6.45) is 0.940. The fraction of sp³-hybridized carbons (Fsp3) is 1.00. The second kappa shape index (κ2) is 3.49. The van der Waals surface area contributed by atoms with Crippen molar-refractivity contribution in [1.29, 1.82) is 0 Å². The molecule has 1 heterocycles. The molecule has 2 N–H and O–H groups in total. The molecule has 1 saturated heterocycles. The smallest absolute Gasteiger partial charge is 0.306 e. The molecular formula is C5H13N2O2P. The summed E-state index contributed by atoms with van der Waals surface area (Å²) in [6.45, 7) is 3.95. The SMILES string of the molecule is CCNP1(=O)NCCCO1. The Bertz CT molecular complexity index is 132. The van der Waals surface area contributed by atoms with Crippen molar-refractivity contribution in [3.63, 3.8) is 0 Å². The zero-order valence-electron chi connectivity index (χ0n) is 6.09. The highest BCUT2D eigenvalue weighted by Gasteiger charge is 2.23. The average molecular weight is 164 g/mol. The maximum atomic E-state index is 11.4. The van der Waals surface area contributed by atoms with Crippen LogP contribution in [0.25, 0.3) is 0 Å². The van der Waals surface area contributed by atoms with Crippen molar-refractivity contribution >= 4 is 7.67 Å². The molecule has 5 heteroatoms. The molecule has 1 unspecified atom stereocenters. The van der Waals surface area contributed by atoms with E-state index in [9.17, 15) is 4.57 Å². The Morgan fingerprint density at radius 3 is 3.10 bits per heavy atom. The maximum absolute atomic E-state index is 11.4. The molecular weight excluding hydrogens is 151 g/mol. The van der Waals surface area contributed by atoms with Gasteiger partial charge in [-0.25, -0.2) is 10.2 Å². The van der Waals surface area contributed by atoms with E-state index >= 15 is 0 Å². The molecule has 1 fully saturated rings. The van der Waals surface area contributed by atoms with Gasteiger partial charge in [-0.05, 0) is 6.42 Å². The van der Waals surface area contributed by atoms with Crippen LogP contribution in [-0.4, -0.2) is 19.7 Å². The second-order valence-electron chi connectivity index (χ2n) is 2.16. The quantitative estimate of drug-likeness (QED) is 0.590. The molecule has 0 aliphatic carbocycles. The molecule has 1 aliphatic rings. The molecule has 0 saturated carbocycles. The first-order valence-electron chi connectivity index (χ1n) is 3.52. The van der Waals surface area contributed by atoms with Crippen molar-refractivity contribution in [3.05, 3.63) is 0 Å². The van der Waals surface area contributed by atoms with E-state index in [0.717, 1.165) is 13.0 Å². The minimum Gasteiger partial charge on any atom is -0.306 e. The van der Waals surface area contributed by atoms with Crippen LogP contribution in [0.15, 0.2) is 0 Å². The van der Waals surface area contributed by atoms with Crippen LogP contribution in [0.3, 0.4) is 0 Å². The van der Waals surface area contributed by atoms with Gasteiger partial charge in [0.25, 0.3) is 0 Å². The van der Waals surface area contributed by atoms with Gasteiger partial charge in [0.2, 0.25) is 0 Å². The largest absolute Gasteiger partial charge is 0.340 e. The Labute approximate surface area is 60.9 Å². The summed E-state index contributed by atoms with van der Waals surface area (Å²) in [5, 5.41) is 5.60. The molecule has 0 radical (unpaired) electrons. The molecule has 0 bridgehead atoms. The molecule has 1 atom stereocenters. The lowest BCUT2D eigenvalue weighted by Gasteiger charge is -2.23. The maximum Gasteiger partial charge on any atom is 0.340 e. The minimum absolute atomic E-state index is 0.595. The molecule has 1 aliphatic heterocycles. The normalized spacial score (nSPS) is 34.1. The molecule has 1 rings (SSSR count). The molecule has 0 aromatic carbocycles.